The molecule has 0 unspecified atom stereocenters. The van der Waals surface area contributed by atoms with Gasteiger partial charge in [0.05, 0.1) is 0 Å². The lowest BCUT2D eigenvalue weighted by atomic mass is 9.84. The molecule has 30 heavy (non-hydrogen) atoms. The predicted octanol–water partition coefficient (Wildman–Crippen LogP) is 6.06. The largest absolute Gasteiger partial charge is 0.289 e. The van der Waals surface area contributed by atoms with E-state index in [1.165, 1.54) is 32.8 Å². The molecule has 0 fully saturated rings. The van der Waals surface area contributed by atoms with Gasteiger partial charge in [-0.1, -0.05) is 17.7 Å². The van der Waals surface area contributed by atoms with Crippen molar-refractivity contribution in [3.63, 3.8) is 0 Å². The molecule has 1 aromatic heterocycles. The summed E-state index contributed by atoms with van der Waals surface area (Å²) in [5.41, 5.74) is 15.2. The minimum atomic E-state index is 0.477. The van der Waals surface area contributed by atoms with Gasteiger partial charge in [-0.25, -0.2) is 4.98 Å². The van der Waals surface area contributed by atoms with E-state index in [9.17, 15) is 5.26 Å². The standard InChI is InChI=1S/C25H24ClN3S/c1-15-11-16(2)21(12-17(15)14-30-19-9-7-18(26)8-10-19)24-20-5-3-4-6-23(20)29-25(28)22(24)13-27/h7-12H,3-6,14H2,1-2H3,(H2,28,29)/p+1. The maximum absolute atomic E-state index is 9.89. The molecular weight excluding hydrogens is 410 g/mol. The number of anilines is 1. The SMILES string of the molecule is Cc1cc(C)c(-c2c(C#N)c(N)[nH+]c3c2CCCC3)cc1CSc1ccc(Cl)cc1. The zero-order chi connectivity index (χ0) is 21.3. The highest BCUT2D eigenvalue weighted by atomic mass is 35.5. The zero-order valence-electron chi connectivity index (χ0n) is 17.3. The maximum Gasteiger partial charge on any atom is 0.289 e. The highest BCUT2D eigenvalue weighted by Gasteiger charge is 2.26. The zero-order valence-corrected chi connectivity index (χ0v) is 18.9. The first-order valence-electron chi connectivity index (χ1n) is 10.2. The third-order valence-corrected chi connectivity index (χ3v) is 7.16. The van der Waals surface area contributed by atoms with E-state index in [2.05, 4.69) is 49.2 Å². The van der Waals surface area contributed by atoms with Crippen molar-refractivity contribution in [3.05, 3.63) is 74.9 Å². The van der Waals surface area contributed by atoms with Crippen LogP contribution in [0.15, 0.2) is 41.3 Å². The number of nitriles is 1. The summed E-state index contributed by atoms with van der Waals surface area (Å²) in [5.74, 6) is 1.34. The number of nitrogens with zero attached hydrogens (tertiary/aromatic N) is 1. The summed E-state index contributed by atoms with van der Waals surface area (Å²) in [5, 5.41) is 10.6. The number of hydrogen-bond acceptors (Lipinski definition) is 3. The number of aromatic nitrogens is 1. The number of aromatic amines is 1. The van der Waals surface area contributed by atoms with Crippen LogP contribution in [0.3, 0.4) is 0 Å². The monoisotopic (exact) mass is 434 g/mol. The molecular formula is C25H25ClN3S+. The lowest BCUT2D eigenvalue weighted by Gasteiger charge is -2.21. The normalized spacial score (nSPS) is 13.0. The number of rotatable bonds is 4. The molecule has 4 rings (SSSR count). The second kappa shape index (κ2) is 8.71. The Labute approximate surface area is 187 Å². The van der Waals surface area contributed by atoms with Gasteiger partial charge in [-0.2, -0.15) is 5.26 Å². The van der Waals surface area contributed by atoms with E-state index < -0.39 is 0 Å². The van der Waals surface area contributed by atoms with Crippen molar-refractivity contribution >= 4 is 29.2 Å². The molecule has 0 bridgehead atoms. The number of pyridine rings is 1. The minimum absolute atomic E-state index is 0.477. The topological polar surface area (TPSA) is 64.0 Å². The van der Waals surface area contributed by atoms with Crippen molar-refractivity contribution in [1.82, 2.24) is 0 Å². The fourth-order valence-corrected chi connectivity index (χ4v) is 5.34. The molecule has 0 saturated heterocycles. The van der Waals surface area contributed by atoms with Crippen molar-refractivity contribution in [2.75, 3.05) is 5.73 Å². The maximum atomic E-state index is 9.89. The molecule has 3 nitrogen and oxygen atoms in total. The van der Waals surface area contributed by atoms with E-state index in [1.54, 1.807) is 11.8 Å². The summed E-state index contributed by atoms with van der Waals surface area (Å²) in [6, 6.07) is 14.8. The molecule has 1 heterocycles. The quantitative estimate of drug-likeness (QED) is 0.507. The molecule has 152 valence electrons. The van der Waals surface area contributed by atoms with Crippen LogP contribution in [0.25, 0.3) is 11.1 Å². The van der Waals surface area contributed by atoms with Crippen molar-refractivity contribution in [2.24, 2.45) is 0 Å². The first-order chi connectivity index (χ1) is 14.5. The van der Waals surface area contributed by atoms with Gasteiger partial charge in [-0.3, -0.25) is 5.73 Å². The number of H-pyrrole nitrogens is 1. The van der Waals surface area contributed by atoms with Crippen LogP contribution in [0.5, 0.6) is 0 Å². The molecule has 0 radical (unpaired) electrons. The first kappa shape index (κ1) is 20.8. The summed E-state index contributed by atoms with van der Waals surface area (Å²) in [6.07, 6.45) is 4.28. The van der Waals surface area contributed by atoms with E-state index in [4.69, 9.17) is 17.3 Å². The fraction of sp³-hybridized carbons (Fsp3) is 0.280. The highest BCUT2D eigenvalue weighted by Crippen LogP contribution is 2.38. The van der Waals surface area contributed by atoms with Crippen molar-refractivity contribution in [1.29, 1.82) is 5.26 Å². The number of fused-ring (bicyclic) bond motifs is 1. The Bertz CT molecular complexity index is 1150. The molecule has 1 aliphatic carbocycles. The lowest BCUT2D eigenvalue weighted by Crippen LogP contribution is -2.24. The van der Waals surface area contributed by atoms with Gasteiger partial charge in [-0.15, -0.1) is 11.8 Å². The second-order valence-corrected chi connectivity index (χ2v) is 9.39. The average Bonchev–Trinajstić information content (AvgIpc) is 2.73. The molecule has 0 amide bonds. The summed E-state index contributed by atoms with van der Waals surface area (Å²) < 4.78 is 0. The van der Waals surface area contributed by atoms with Gasteiger partial charge in [0.1, 0.15) is 17.3 Å². The van der Waals surface area contributed by atoms with Crippen LogP contribution in [-0.4, -0.2) is 0 Å². The van der Waals surface area contributed by atoms with Crippen LogP contribution >= 0.6 is 23.4 Å². The number of nitrogen functional groups attached to an aromatic ring is 1. The number of halogens is 1. The molecule has 3 N–H and O–H groups in total. The number of nitrogens with one attached hydrogen (secondary N) is 1. The van der Waals surface area contributed by atoms with Crippen LogP contribution < -0.4 is 10.7 Å². The minimum Gasteiger partial charge on any atom is -0.286 e. The highest BCUT2D eigenvalue weighted by molar-refractivity contribution is 7.98. The van der Waals surface area contributed by atoms with Gasteiger partial charge < -0.3 is 0 Å². The Balaban J connectivity index is 1.78. The van der Waals surface area contributed by atoms with Crippen LogP contribution in [0, 0.1) is 25.2 Å². The summed E-state index contributed by atoms with van der Waals surface area (Å²) in [7, 11) is 0. The van der Waals surface area contributed by atoms with E-state index in [0.29, 0.717) is 11.4 Å². The summed E-state index contributed by atoms with van der Waals surface area (Å²) >= 11 is 7.80. The average molecular weight is 435 g/mol. The second-order valence-electron chi connectivity index (χ2n) is 7.90. The lowest BCUT2D eigenvalue weighted by molar-refractivity contribution is -0.374. The number of nitrogens with two attached hydrogens (primary N) is 1. The van der Waals surface area contributed by atoms with Gasteiger partial charge in [0.15, 0.2) is 0 Å². The summed E-state index contributed by atoms with van der Waals surface area (Å²) in [4.78, 5) is 4.48. The number of aryl methyl sites for hydroxylation is 3. The molecule has 0 spiro atoms. The Morgan fingerprint density at radius 2 is 1.83 bits per heavy atom. The third-order valence-electron chi connectivity index (χ3n) is 5.85. The van der Waals surface area contributed by atoms with E-state index >= 15 is 0 Å². The predicted molar refractivity (Wildman–Crippen MR) is 125 cm³/mol. The van der Waals surface area contributed by atoms with Crippen LogP contribution in [0.4, 0.5) is 5.82 Å². The molecule has 0 saturated carbocycles. The van der Waals surface area contributed by atoms with Gasteiger partial charge in [-0.05, 0) is 85.7 Å². The Hall–Kier alpha value is -2.48. The van der Waals surface area contributed by atoms with Gasteiger partial charge >= 0.3 is 0 Å². The fourth-order valence-electron chi connectivity index (χ4n) is 4.26. The van der Waals surface area contributed by atoms with Crippen molar-refractivity contribution in [3.8, 4) is 17.2 Å². The number of hydrogen-bond donors (Lipinski definition) is 1. The van der Waals surface area contributed by atoms with Gasteiger partial charge in [0.25, 0.3) is 5.82 Å². The molecule has 5 heteroatoms. The molecule has 1 aliphatic rings. The van der Waals surface area contributed by atoms with E-state index in [1.807, 2.05) is 12.1 Å². The Kier molecular flexibility index (Phi) is 6.04. The first-order valence-corrected chi connectivity index (χ1v) is 11.6. The summed E-state index contributed by atoms with van der Waals surface area (Å²) in [6.45, 7) is 4.28. The molecule has 3 aromatic rings. The Morgan fingerprint density at radius 1 is 1.10 bits per heavy atom. The van der Waals surface area contributed by atoms with Crippen LogP contribution in [0.2, 0.25) is 5.02 Å². The van der Waals surface area contributed by atoms with Crippen molar-refractivity contribution in [2.45, 2.75) is 50.2 Å². The molecule has 0 atom stereocenters. The Morgan fingerprint density at radius 3 is 2.57 bits per heavy atom. The van der Waals surface area contributed by atoms with E-state index in [0.717, 1.165) is 47.6 Å². The third kappa shape index (κ3) is 4.05. The number of benzene rings is 2. The molecule has 2 aromatic carbocycles. The number of thioether (sulfide) groups is 1. The van der Waals surface area contributed by atoms with Crippen molar-refractivity contribution < 1.29 is 4.98 Å². The van der Waals surface area contributed by atoms with E-state index in [-0.39, 0.29) is 0 Å². The van der Waals surface area contributed by atoms with Crippen LogP contribution in [-0.2, 0) is 18.6 Å². The smallest absolute Gasteiger partial charge is 0.286 e. The molecule has 0 aliphatic heterocycles. The van der Waals surface area contributed by atoms with Gasteiger partial charge in [0.2, 0.25) is 0 Å². The van der Waals surface area contributed by atoms with Gasteiger partial charge in [0, 0.05) is 33.2 Å². The van der Waals surface area contributed by atoms with Crippen LogP contribution in [0.1, 0.15) is 46.4 Å².